The van der Waals surface area contributed by atoms with Crippen LogP contribution in [0.1, 0.15) is 19.8 Å². The second kappa shape index (κ2) is 16.0. The zero-order chi connectivity index (χ0) is 35.9. The van der Waals surface area contributed by atoms with Crippen LogP contribution in [-0.2, 0) is 35.6 Å². The van der Waals surface area contributed by atoms with Crippen molar-refractivity contribution in [1.29, 1.82) is 0 Å². The van der Waals surface area contributed by atoms with Crippen molar-refractivity contribution in [2.75, 3.05) is 13.2 Å². The molecule has 15 nitrogen and oxygen atoms in total. The van der Waals surface area contributed by atoms with Crippen LogP contribution in [0.25, 0.3) is 22.4 Å². The normalized spacial score (nSPS) is 22.0. The van der Waals surface area contributed by atoms with Gasteiger partial charge in [-0.15, -0.1) is 5.10 Å². The number of aromatic nitrogens is 3. The van der Waals surface area contributed by atoms with E-state index in [1.54, 1.807) is 16.9 Å². The topological polar surface area (TPSA) is 222 Å². The highest BCUT2D eigenvalue weighted by Crippen LogP contribution is 2.34. The Kier molecular flexibility index (Phi) is 11.7. The fourth-order valence-electron chi connectivity index (χ4n) is 5.64. The first-order valence-corrected chi connectivity index (χ1v) is 17.3. The summed E-state index contributed by atoms with van der Waals surface area (Å²) in [5, 5.41) is 53.8. The lowest BCUT2D eigenvalue weighted by Crippen LogP contribution is -2.68. The summed E-state index contributed by atoms with van der Waals surface area (Å²) in [4.78, 5) is 24.4. The Morgan fingerprint density at radius 3 is 2.26 bits per heavy atom. The first kappa shape index (κ1) is 36.7. The SMILES string of the molecule is CC(=O)N[C@H]1[C@H]([C@H](O)[C@H](O)CNS(=O)(=O)c2ccccc2)O[C@@](OCCCn2cc(-c3ccc(-c4ccccc4)cc3)nn2)(C(=O)O)C[C@@H]1O. The summed E-state index contributed by atoms with van der Waals surface area (Å²) in [6, 6.07) is 23.8. The van der Waals surface area contributed by atoms with Gasteiger partial charge in [-0.1, -0.05) is 78.0 Å². The molecule has 4 aromatic rings. The molecule has 2 heterocycles. The van der Waals surface area contributed by atoms with Crippen LogP contribution >= 0.6 is 0 Å². The molecule has 6 N–H and O–H groups in total. The summed E-state index contributed by atoms with van der Waals surface area (Å²) in [6.45, 7) is 0.547. The third-order valence-corrected chi connectivity index (χ3v) is 9.67. The maximum Gasteiger partial charge on any atom is 0.364 e. The van der Waals surface area contributed by atoms with Crippen LogP contribution in [-0.4, -0.2) is 105 Å². The lowest BCUT2D eigenvalue weighted by Gasteiger charge is -2.46. The molecule has 0 unspecified atom stereocenters. The molecular formula is C34H39N5O10S. The van der Waals surface area contributed by atoms with Crippen molar-refractivity contribution in [3.8, 4) is 22.4 Å². The fourth-order valence-corrected chi connectivity index (χ4v) is 6.71. The summed E-state index contributed by atoms with van der Waals surface area (Å²) in [7, 11) is -4.08. The number of rotatable bonds is 15. The van der Waals surface area contributed by atoms with Gasteiger partial charge in [-0.3, -0.25) is 9.48 Å². The Morgan fingerprint density at radius 2 is 1.62 bits per heavy atom. The lowest BCUT2D eigenvalue weighted by atomic mass is 9.88. The van der Waals surface area contributed by atoms with E-state index in [1.165, 1.54) is 24.3 Å². The Balaban J connectivity index is 1.22. The molecule has 6 atom stereocenters. The standard InChI is InChI=1S/C34H39N5O10S/c1-22(40)36-30-28(41)19-34(33(44)45,49-32(30)31(43)29(42)20-35-50(46,47)26-11-6-3-7-12-26)48-18-8-17-39-21-27(37-38-39)25-15-13-24(14-16-25)23-9-4-2-5-10-23/h2-7,9-16,21,28-32,35,41-43H,8,17-20H2,1H3,(H,36,40)(H,44,45)/t28-,29+,30+,31+,32+,34+/m0/s1. The molecule has 266 valence electrons. The third-order valence-electron chi connectivity index (χ3n) is 8.23. The largest absolute Gasteiger partial charge is 0.477 e. The van der Waals surface area contributed by atoms with Crippen molar-refractivity contribution in [3.05, 3.63) is 91.1 Å². The maximum absolute atomic E-state index is 12.6. The van der Waals surface area contributed by atoms with Gasteiger partial charge in [-0.25, -0.2) is 17.9 Å². The van der Waals surface area contributed by atoms with E-state index >= 15 is 0 Å². The van der Waals surface area contributed by atoms with Crippen LogP contribution in [0.2, 0.25) is 0 Å². The number of carbonyl (C=O) groups excluding carboxylic acids is 1. The molecule has 0 spiro atoms. The Morgan fingerprint density at radius 1 is 1.00 bits per heavy atom. The summed E-state index contributed by atoms with van der Waals surface area (Å²) in [5.41, 5.74) is 3.64. The number of nitrogens with zero attached hydrogens (tertiary/aromatic N) is 3. The van der Waals surface area contributed by atoms with E-state index in [4.69, 9.17) is 9.47 Å². The summed E-state index contributed by atoms with van der Waals surface area (Å²) in [6.07, 6.45) is -5.77. The van der Waals surface area contributed by atoms with Gasteiger partial charge in [0.1, 0.15) is 17.9 Å². The van der Waals surface area contributed by atoms with Crippen LogP contribution in [0, 0.1) is 0 Å². The zero-order valence-electron chi connectivity index (χ0n) is 27.1. The average molecular weight is 710 g/mol. The van der Waals surface area contributed by atoms with Crippen molar-refractivity contribution < 1.29 is 47.9 Å². The van der Waals surface area contributed by atoms with E-state index in [-0.39, 0.29) is 24.5 Å². The van der Waals surface area contributed by atoms with E-state index in [1.807, 2.05) is 54.6 Å². The van der Waals surface area contributed by atoms with Gasteiger partial charge in [-0.05, 0) is 29.7 Å². The number of carboxylic acids is 1. The van der Waals surface area contributed by atoms with Crippen LogP contribution in [0.3, 0.4) is 0 Å². The number of hydrogen-bond acceptors (Lipinski definition) is 11. The minimum absolute atomic E-state index is 0.0833. The lowest BCUT2D eigenvalue weighted by molar-refractivity contribution is -0.310. The molecule has 50 heavy (non-hydrogen) atoms. The van der Waals surface area contributed by atoms with Gasteiger partial charge < -0.3 is 35.2 Å². The number of carboxylic acid groups (broad SMARTS) is 1. The Labute approximate surface area is 288 Å². The first-order valence-electron chi connectivity index (χ1n) is 15.9. The van der Waals surface area contributed by atoms with Crippen molar-refractivity contribution in [1.82, 2.24) is 25.0 Å². The van der Waals surface area contributed by atoms with Gasteiger partial charge in [0, 0.05) is 32.0 Å². The Hall–Kier alpha value is -4.55. The number of aliphatic hydroxyl groups excluding tert-OH is 3. The smallest absolute Gasteiger partial charge is 0.364 e. The highest BCUT2D eigenvalue weighted by molar-refractivity contribution is 7.89. The predicted octanol–water partition coefficient (Wildman–Crippen LogP) is 1.15. The van der Waals surface area contributed by atoms with E-state index in [0.29, 0.717) is 5.69 Å². The second-order valence-corrected chi connectivity index (χ2v) is 13.6. The van der Waals surface area contributed by atoms with E-state index < -0.39 is 71.1 Å². The number of aliphatic carboxylic acids is 1. The number of ether oxygens (including phenoxy) is 2. The van der Waals surface area contributed by atoms with Gasteiger partial charge in [0.25, 0.3) is 5.79 Å². The molecule has 16 heteroatoms. The monoisotopic (exact) mass is 709 g/mol. The van der Waals surface area contributed by atoms with Gasteiger partial charge in [0.2, 0.25) is 15.9 Å². The highest BCUT2D eigenvalue weighted by Gasteiger charge is 2.55. The molecule has 1 saturated heterocycles. The van der Waals surface area contributed by atoms with E-state index in [2.05, 4.69) is 20.4 Å². The molecule has 1 aliphatic rings. The van der Waals surface area contributed by atoms with Gasteiger partial charge in [0.05, 0.1) is 35.9 Å². The fraction of sp³-hybridized carbons (Fsp3) is 0.353. The molecule has 1 aromatic heterocycles. The number of nitrogens with one attached hydrogen (secondary N) is 2. The minimum atomic E-state index is -4.08. The predicted molar refractivity (Wildman–Crippen MR) is 179 cm³/mol. The van der Waals surface area contributed by atoms with Crippen LogP contribution in [0.4, 0.5) is 0 Å². The summed E-state index contributed by atoms with van der Waals surface area (Å²) >= 11 is 0. The second-order valence-electron chi connectivity index (χ2n) is 11.9. The first-order chi connectivity index (χ1) is 23.9. The molecular weight excluding hydrogens is 670 g/mol. The van der Waals surface area contributed by atoms with Crippen LogP contribution in [0.5, 0.6) is 0 Å². The van der Waals surface area contributed by atoms with Gasteiger partial charge >= 0.3 is 5.97 Å². The van der Waals surface area contributed by atoms with Crippen molar-refractivity contribution >= 4 is 21.9 Å². The number of benzene rings is 3. The quantitative estimate of drug-likeness (QED) is 0.0958. The molecule has 0 bridgehead atoms. The third kappa shape index (κ3) is 8.78. The molecule has 0 radical (unpaired) electrons. The number of aliphatic hydroxyl groups is 3. The van der Waals surface area contributed by atoms with Crippen molar-refractivity contribution in [3.63, 3.8) is 0 Å². The van der Waals surface area contributed by atoms with Gasteiger partial charge in [0.15, 0.2) is 0 Å². The molecule has 1 aliphatic heterocycles. The summed E-state index contributed by atoms with van der Waals surface area (Å²) in [5.74, 6) is -4.72. The molecule has 3 aromatic carbocycles. The average Bonchev–Trinajstić information content (AvgIpc) is 3.59. The molecule has 5 rings (SSSR count). The number of carbonyl (C=O) groups is 2. The highest BCUT2D eigenvalue weighted by atomic mass is 32.2. The van der Waals surface area contributed by atoms with Gasteiger partial charge in [-0.2, -0.15) is 0 Å². The van der Waals surface area contributed by atoms with E-state index in [9.17, 15) is 38.4 Å². The Bertz CT molecular complexity index is 1840. The molecule has 1 fully saturated rings. The minimum Gasteiger partial charge on any atom is -0.477 e. The number of sulfonamides is 1. The van der Waals surface area contributed by atoms with E-state index in [0.717, 1.165) is 23.6 Å². The van der Waals surface area contributed by atoms with Crippen molar-refractivity contribution in [2.45, 2.75) is 67.5 Å². The van der Waals surface area contributed by atoms with Crippen LogP contribution in [0.15, 0.2) is 96.0 Å². The molecule has 0 aliphatic carbocycles. The zero-order valence-corrected chi connectivity index (χ0v) is 27.9. The molecule has 0 saturated carbocycles. The summed E-state index contributed by atoms with van der Waals surface area (Å²) < 4.78 is 40.5. The number of hydrogen-bond donors (Lipinski definition) is 6. The van der Waals surface area contributed by atoms with Crippen LogP contribution < -0.4 is 10.0 Å². The number of amides is 1. The molecule has 1 amide bonds. The number of aryl methyl sites for hydroxylation is 1. The van der Waals surface area contributed by atoms with Crippen molar-refractivity contribution in [2.24, 2.45) is 0 Å². The maximum atomic E-state index is 12.6.